The first-order chi connectivity index (χ1) is 7.66. The van der Waals surface area contributed by atoms with Crippen LogP contribution in [0.1, 0.15) is 15.9 Å². The fourth-order valence-electron chi connectivity index (χ4n) is 1.32. The van der Waals surface area contributed by atoms with Gasteiger partial charge in [0.15, 0.2) is 5.84 Å². The number of nitrogens with one attached hydrogen (secondary N) is 2. The van der Waals surface area contributed by atoms with Crippen LogP contribution < -0.4 is 16.5 Å². The molecule has 4 N–H and O–H groups in total. The van der Waals surface area contributed by atoms with E-state index in [2.05, 4.69) is 15.8 Å². The molecule has 0 saturated heterocycles. The normalized spacial score (nSPS) is 14.8. The topological polar surface area (TPSA) is 96.6 Å². The lowest BCUT2D eigenvalue weighted by Gasteiger charge is -2.14. The third kappa shape index (κ3) is 2.00. The number of carbonyl (C=O) groups is 2. The number of nitrogens with zero attached hydrogens (tertiary/aromatic N) is 1. The smallest absolute Gasteiger partial charge is 0.259 e. The maximum atomic E-state index is 10.9. The summed E-state index contributed by atoms with van der Waals surface area (Å²) in [5.74, 6) is -0.0912. The summed E-state index contributed by atoms with van der Waals surface area (Å²) in [5, 5.41) is 6.70. The zero-order valence-corrected chi connectivity index (χ0v) is 8.36. The molecule has 1 aromatic rings. The van der Waals surface area contributed by atoms with Gasteiger partial charge in [0.2, 0.25) is 5.91 Å². The minimum Gasteiger partial charge on any atom is -0.366 e. The molecule has 1 heterocycles. The first kappa shape index (κ1) is 10.2. The third-order valence-corrected chi connectivity index (χ3v) is 2.15. The van der Waals surface area contributed by atoms with Crippen LogP contribution in [0, 0.1) is 0 Å². The number of amides is 2. The molecule has 1 aromatic carbocycles. The van der Waals surface area contributed by atoms with Crippen molar-refractivity contribution in [1.82, 2.24) is 10.7 Å². The molecule has 6 heteroatoms. The van der Waals surface area contributed by atoms with E-state index in [9.17, 15) is 9.59 Å². The number of amidine groups is 1. The molecule has 1 aliphatic rings. The molecule has 2 amide bonds. The number of benzene rings is 1. The van der Waals surface area contributed by atoms with Crippen LogP contribution in [0.15, 0.2) is 29.4 Å². The maximum Gasteiger partial charge on any atom is 0.259 e. The van der Waals surface area contributed by atoms with Gasteiger partial charge in [-0.05, 0) is 12.1 Å². The summed E-state index contributed by atoms with van der Waals surface area (Å²) < 4.78 is 0. The lowest BCUT2D eigenvalue weighted by atomic mass is 10.1. The second-order valence-electron chi connectivity index (χ2n) is 3.29. The first-order valence-electron chi connectivity index (χ1n) is 4.67. The summed E-state index contributed by atoms with van der Waals surface area (Å²) in [5.41, 5.74) is 8.70. The predicted octanol–water partition coefficient (Wildman–Crippen LogP) is -0.833. The van der Waals surface area contributed by atoms with Gasteiger partial charge in [-0.2, -0.15) is 5.10 Å². The van der Waals surface area contributed by atoms with Gasteiger partial charge in [0, 0.05) is 11.1 Å². The van der Waals surface area contributed by atoms with Crippen molar-refractivity contribution in [3.63, 3.8) is 0 Å². The van der Waals surface area contributed by atoms with Crippen molar-refractivity contribution in [3.8, 4) is 0 Å². The SMILES string of the molecule is NC(=O)c1ccc(C2=NNC(=O)CN2)cc1. The molecule has 0 atom stereocenters. The second-order valence-corrected chi connectivity index (χ2v) is 3.29. The maximum absolute atomic E-state index is 10.9. The Morgan fingerprint density at radius 1 is 1.31 bits per heavy atom. The van der Waals surface area contributed by atoms with Crippen LogP contribution in [0.4, 0.5) is 0 Å². The van der Waals surface area contributed by atoms with Crippen LogP contribution in [0.3, 0.4) is 0 Å². The Labute approximate surface area is 91.5 Å². The minimum atomic E-state index is -0.474. The van der Waals surface area contributed by atoms with Crippen molar-refractivity contribution in [3.05, 3.63) is 35.4 Å². The van der Waals surface area contributed by atoms with E-state index in [-0.39, 0.29) is 12.5 Å². The van der Waals surface area contributed by atoms with Crippen LogP contribution in [0.25, 0.3) is 0 Å². The summed E-state index contributed by atoms with van der Waals surface area (Å²) in [6, 6.07) is 6.64. The van der Waals surface area contributed by atoms with Gasteiger partial charge < -0.3 is 11.1 Å². The standard InChI is InChI=1S/C10H10N4O2/c11-9(16)6-1-3-7(4-2-6)10-12-5-8(15)13-14-10/h1-4H,5H2,(H2,11,16)(H,12,14)(H,13,15). The molecule has 0 saturated carbocycles. The summed E-state index contributed by atoms with van der Waals surface area (Å²) >= 11 is 0. The fraction of sp³-hybridized carbons (Fsp3) is 0.100. The zero-order valence-electron chi connectivity index (χ0n) is 8.36. The summed E-state index contributed by atoms with van der Waals surface area (Å²) in [6.07, 6.45) is 0. The summed E-state index contributed by atoms with van der Waals surface area (Å²) in [4.78, 5) is 21.7. The van der Waals surface area contributed by atoms with Crippen molar-refractivity contribution < 1.29 is 9.59 Å². The monoisotopic (exact) mass is 218 g/mol. The molecular formula is C10H10N4O2. The molecule has 0 aliphatic carbocycles. The number of hydrogen-bond donors (Lipinski definition) is 3. The van der Waals surface area contributed by atoms with Gasteiger partial charge in [0.05, 0.1) is 6.54 Å². The van der Waals surface area contributed by atoms with E-state index in [1.54, 1.807) is 24.3 Å². The van der Waals surface area contributed by atoms with Crippen molar-refractivity contribution in [2.24, 2.45) is 10.8 Å². The van der Waals surface area contributed by atoms with Crippen LogP contribution in [-0.2, 0) is 4.79 Å². The Balaban J connectivity index is 2.22. The third-order valence-electron chi connectivity index (χ3n) is 2.15. The Hall–Kier alpha value is -2.37. The number of carbonyl (C=O) groups excluding carboxylic acids is 2. The molecule has 0 unspecified atom stereocenters. The molecule has 0 radical (unpaired) electrons. The van der Waals surface area contributed by atoms with Crippen molar-refractivity contribution in [1.29, 1.82) is 0 Å². The van der Waals surface area contributed by atoms with Gasteiger partial charge in [-0.15, -0.1) is 0 Å². The second kappa shape index (κ2) is 4.01. The van der Waals surface area contributed by atoms with Gasteiger partial charge in [-0.25, -0.2) is 5.43 Å². The van der Waals surface area contributed by atoms with Crippen molar-refractivity contribution >= 4 is 17.6 Å². The van der Waals surface area contributed by atoms with Crippen molar-refractivity contribution in [2.75, 3.05) is 6.54 Å². The molecular weight excluding hydrogens is 208 g/mol. The molecule has 1 aliphatic heterocycles. The predicted molar refractivity (Wildman–Crippen MR) is 57.6 cm³/mol. The molecule has 82 valence electrons. The van der Waals surface area contributed by atoms with E-state index >= 15 is 0 Å². The highest BCUT2D eigenvalue weighted by molar-refractivity contribution is 6.03. The number of nitrogens with two attached hydrogens (primary N) is 1. The van der Waals surface area contributed by atoms with Crippen LogP contribution >= 0.6 is 0 Å². The summed E-state index contributed by atoms with van der Waals surface area (Å²) in [6.45, 7) is 0.191. The fourth-order valence-corrected chi connectivity index (χ4v) is 1.32. The minimum absolute atomic E-state index is 0.183. The quantitative estimate of drug-likeness (QED) is 0.604. The highest BCUT2D eigenvalue weighted by Gasteiger charge is 2.12. The van der Waals surface area contributed by atoms with Gasteiger partial charge in [0.1, 0.15) is 0 Å². The first-order valence-corrected chi connectivity index (χ1v) is 4.67. The van der Waals surface area contributed by atoms with Gasteiger partial charge >= 0.3 is 0 Å². The molecule has 0 fully saturated rings. The average molecular weight is 218 g/mol. The number of primary amides is 1. The van der Waals surface area contributed by atoms with Crippen LogP contribution in [0.5, 0.6) is 0 Å². The van der Waals surface area contributed by atoms with E-state index in [1.807, 2.05) is 0 Å². The largest absolute Gasteiger partial charge is 0.366 e. The highest BCUT2D eigenvalue weighted by Crippen LogP contribution is 2.05. The van der Waals surface area contributed by atoms with E-state index in [1.165, 1.54) is 0 Å². The van der Waals surface area contributed by atoms with E-state index in [0.717, 1.165) is 5.56 Å². The van der Waals surface area contributed by atoms with Crippen molar-refractivity contribution in [2.45, 2.75) is 0 Å². The average Bonchev–Trinajstić information content (AvgIpc) is 2.30. The van der Waals surface area contributed by atoms with Gasteiger partial charge in [-0.1, -0.05) is 12.1 Å². The zero-order chi connectivity index (χ0) is 11.5. The lowest BCUT2D eigenvalue weighted by molar-refractivity contribution is -0.120. The molecule has 16 heavy (non-hydrogen) atoms. The Morgan fingerprint density at radius 3 is 2.50 bits per heavy atom. The molecule has 2 rings (SSSR count). The molecule has 0 aromatic heterocycles. The van der Waals surface area contributed by atoms with Crippen LogP contribution in [0.2, 0.25) is 0 Å². The van der Waals surface area contributed by atoms with Gasteiger partial charge in [0.25, 0.3) is 5.91 Å². The summed E-state index contributed by atoms with van der Waals surface area (Å²) in [7, 11) is 0. The highest BCUT2D eigenvalue weighted by atomic mass is 16.2. The Kier molecular flexibility index (Phi) is 2.55. The van der Waals surface area contributed by atoms with E-state index in [0.29, 0.717) is 11.4 Å². The number of hydrazone groups is 1. The van der Waals surface area contributed by atoms with Gasteiger partial charge in [-0.3, -0.25) is 9.59 Å². The lowest BCUT2D eigenvalue weighted by Crippen LogP contribution is -2.42. The Morgan fingerprint density at radius 2 is 2.00 bits per heavy atom. The molecule has 0 bridgehead atoms. The number of hydrogen-bond acceptors (Lipinski definition) is 4. The molecule has 6 nitrogen and oxygen atoms in total. The van der Waals surface area contributed by atoms with Crippen LogP contribution in [-0.4, -0.2) is 24.2 Å². The number of rotatable bonds is 2. The Bertz CT molecular complexity index is 464. The van der Waals surface area contributed by atoms with E-state index < -0.39 is 5.91 Å². The van der Waals surface area contributed by atoms with E-state index in [4.69, 9.17) is 5.73 Å². The molecule has 0 spiro atoms.